The summed E-state index contributed by atoms with van der Waals surface area (Å²) < 4.78 is 0. The summed E-state index contributed by atoms with van der Waals surface area (Å²) in [5, 5.41) is 4.97. The standard InChI is InChI=1S/C20H20N2OS/c1-13-8-9-16(10-14(13)2)21-19(23)12-24-20-11-15(3)17-6-4-5-7-18(17)22-20/h4-11H,12H2,1-3H3,(H,21,23). The average Bonchev–Trinajstić information content (AvgIpc) is 2.56. The zero-order valence-electron chi connectivity index (χ0n) is 14.1. The predicted octanol–water partition coefficient (Wildman–Crippen LogP) is 4.89. The number of hydrogen-bond donors (Lipinski definition) is 1. The molecular formula is C20H20N2OS. The molecule has 0 saturated carbocycles. The van der Waals surface area contributed by atoms with Crippen LogP contribution in [0.15, 0.2) is 53.6 Å². The fourth-order valence-electron chi connectivity index (χ4n) is 2.55. The molecule has 0 saturated heterocycles. The minimum absolute atomic E-state index is 0.0177. The van der Waals surface area contributed by atoms with Crippen LogP contribution in [0.25, 0.3) is 10.9 Å². The number of aromatic nitrogens is 1. The van der Waals surface area contributed by atoms with Crippen molar-refractivity contribution in [1.82, 2.24) is 4.98 Å². The van der Waals surface area contributed by atoms with E-state index in [0.717, 1.165) is 21.6 Å². The summed E-state index contributed by atoms with van der Waals surface area (Å²) in [5.41, 5.74) is 5.38. The van der Waals surface area contributed by atoms with E-state index in [4.69, 9.17) is 0 Å². The van der Waals surface area contributed by atoms with Crippen LogP contribution in [0, 0.1) is 20.8 Å². The van der Waals surface area contributed by atoms with E-state index in [1.165, 1.54) is 28.5 Å². The maximum atomic E-state index is 12.2. The molecule has 122 valence electrons. The topological polar surface area (TPSA) is 42.0 Å². The molecule has 4 heteroatoms. The molecule has 1 aromatic heterocycles. The van der Waals surface area contributed by atoms with Gasteiger partial charge in [0.1, 0.15) is 0 Å². The Morgan fingerprint density at radius 1 is 1.00 bits per heavy atom. The summed E-state index contributed by atoms with van der Waals surface area (Å²) in [6, 6.07) is 16.1. The normalized spacial score (nSPS) is 10.8. The van der Waals surface area contributed by atoms with Gasteiger partial charge in [0.05, 0.1) is 16.3 Å². The number of rotatable bonds is 4. The highest BCUT2D eigenvalue weighted by Gasteiger charge is 2.07. The summed E-state index contributed by atoms with van der Waals surface area (Å²) in [6.45, 7) is 6.18. The van der Waals surface area contributed by atoms with Gasteiger partial charge in [0.25, 0.3) is 0 Å². The van der Waals surface area contributed by atoms with Crippen molar-refractivity contribution in [1.29, 1.82) is 0 Å². The maximum absolute atomic E-state index is 12.2. The molecule has 0 atom stereocenters. The van der Waals surface area contributed by atoms with Crippen LogP contribution in [0.2, 0.25) is 0 Å². The monoisotopic (exact) mass is 336 g/mol. The van der Waals surface area contributed by atoms with Crippen LogP contribution in [0.3, 0.4) is 0 Å². The number of aryl methyl sites for hydroxylation is 3. The van der Waals surface area contributed by atoms with Crippen LogP contribution in [-0.4, -0.2) is 16.6 Å². The van der Waals surface area contributed by atoms with Crippen molar-refractivity contribution < 1.29 is 4.79 Å². The van der Waals surface area contributed by atoms with Gasteiger partial charge in [0.2, 0.25) is 5.91 Å². The summed E-state index contributed by atoms with van der Waals surface area (Å²) in [5.74, 6) is 0.327. The smallest absolute Gasteiger partial charge is 0.234 e. The van der Waals surface area contributed by atoms with Gasteiger partial charge in [-0.1, -0.05) is 36.0 Å². The number of nitrogens with one attached hydrogen (secondary N) is 1. The molecule has 0 fully saturated rings. The molecule has 0 unspecified atom stereocenters. The molecule has 0 aliphatic carbocycles. The molecule has 1 N–H and O–H groups in total. The maximum Gasteiger partial charge on any atom is 0.234 e. The van der Waals surface area contributed by atoms with E-state index in [2.05, 4.69) is 30.2 Å². The quantitative estimate of drug-likeness (QED) is 0.690. The summed E-state index contributed by atoms with van der Waals surface area (Å²) in [4.78, 5) is 16.8. The lowest BCUT2D eigenvalue weighted by atomic mass is 10.1. The number of hydrogen-bond acceptors (Lipinski definition) is 3. The van der Waals surface area contributed by atoms with Crippen molar-refractivity contribution in [3.63, 3.8) is 0 Å². The first-order valence-electron chi connectivity index (χ1n) is 7.89. The van der Waals surface area contributed by atoms with E-state index < -0.39 is 0 Å². The van der Waals surface area contributed by atoms with E-state index in [0.29, 0.717) is 5.75 Å². The first-order valence-corrected chi connectivity index (χ1v) is 8.88. The van der Waals surface area contributed by atoms with E-state index in [9.17, 15) is 4.79 Å². The van der Waals surface area contributed by atoms with Crippen molar-refractivity contribution in [2.75, 3.05) is 11.1 Å². The van der Waals surface area contributed by atoms with Crippen LogP contribution < -0.4 is 5.32 Å². The molecule has 1 heterocycles. The Morgan fingerprint density at radius 3 is 2.58 bits per heavy atom. The van der Waals surface area contributed by atoms with Crippen molar-refractivity contribution in [2.24, 2.45) is 0 Å². The van der Waals surface area contributed by atoms with Gasteiger partial charge in [-0.2, -0.15) is 0 Å². The molecule has 1 amide bonds. The van der Waals surface area contributed by atoms with Gasteiger partial charge in [0.15, 0.2) is 0 Å². The van der Waals surface area contributed by atoms with Crippen LogP contribution in [0.1, 0.15) is 16.7 Å². The lowest BCUT2D eigenvalue weighted by molar-refractivity contribution is -0.113. The van der Waals surface area contributed by atoms with Gasteiger partial charge >= 0.3 is 0 Å². The number of amides is 1. The van der Waals surface area contributed by atoms with Gasteiger partial charge in [-0.15, -0.1) is 0 Å². The highest BCUT2D eigenvalue weighted by molar-refractivity contribution is 7.99. The minimum atomic E-state index is -0.0177. The largest absolute Gasteiger partial charge is 0.325 e. The Labute approximate surface area is 146 Å². The SMILES string of the molecule is Cc1ccc(NC(=O)CSc2cc(C)c3ccccc3n2)cc1C. The minimum Gasteiger partial charge on any atom is -0.325 e. The first-order chi connectivity index (χ1) is 11.5. The van der Waals surface area contributed by atoms with Crippen molar-refractivity contribution in [3.8, 4) is 0 Å². The first kappa shape index (κ1) is 16.5. The third-order valence-corrected chi connectivity index (χ3v) is 4.95. The summed E-state index contributed by atoms with van der Waals surface area (Å²) in [6.07, 6.45) is 0. The molecule has 3 rings (SSSR count). The highest BCUT2D eigenvalue weighted by Crippen LogP contribution is 2.23. The molecule has 2 aromatic carbocycles. The number of thioether (sulfide) groups is 1. The Morgan fingerprint density at radius 2 is 1.79 bits per heavy atom. The second kappa shape index (κ2) is 7.05. The number of benzene rings is 2. The molecule has 0 spiro atoms. The van der Waals surface area contributed by atoms with E-state index in [1.54, 1.807) is 0 Å². The van der Waals surface area contributed by atoms with Crippen LogP contribution in [0.4, 0.5) is 5.69 Å². The molecule has 0 aliphatic heterocycles. The Bertz CT molecular complexity index is 905. The van der Waals surface area contributed by atoms with Crippen molar-refractivity contribution in [3.05, 3.63) is 65.2 Å². The lowest BCUT2D eigenvalue weighted by Gasteiger charge is -2.08. The van der Waals surface area contributed by atoms with Crippen LogP contribution >= 0.6 is 11.8 Å². The summed E-state index contributed by atoms with van der Waals surface area (Å²) in [7, 11) is 0. The molecule has 0 bridgehead atoms. The van der Waals surface area contributed by atoms with Gasteiger partial charge in [-0.25, -0.2) is 4.98 Å². The average molecular weight is 336 g/mol. The molecule has 3 nitrogen and oxygen atoms in total. The third-order valence-electron chi connectivity index (χ3n) is 4.04. The number of anilines is 1. The Kier molecular flexibility index (Phi) is 4.86. The zero-order valence-corrected chi connectivity index (χ0v) is 14.9. The number of carbonyl (C=O) groups excluding carboxylic acids is 1. The molecule has 3 aromatic rings. The molecule has 24 heavy (non-hydrogen) atoms. The Hall–Kier alpha value is -2.33. The molecule has 0 radical (unpaired) electrons. The van der Waals surface area contributed by atoms with E-state index in [1.807, 2.05) is 49.4 Å². The van der Waals surface area contributed by atoms with Gasteiger partial charge in [-0.05, 0) is 61.7 Å². The number of nitrogens with zero attached hydrogens (tertiary/aromatic N) is 1. The van der Waals surface area contributed by atoms with Crippen LogP contribution in [-0.2, 0) is 4.79 Å². The third kappa shape index (κ3) is 3.77. The molecular weight excluding hydrogens is 316 g/mol. The predicted molar refractivity (Wildman–Crippen MR) is 102 cm³/mol. The van der Waals surface area contributed by atoms with Gasteiger partial charge < -0.3 is 5.32 Å². The lowest BCUT2D eigenvalue weighted by Crippen LogP contribution is -2.14. The van der Waals surface area contributed by atoms with Gasteiger partial charge in [-0.3, -0.25) is 4.79 Å². The summed E-state index contributed by atoms with van der Waals surface area (Å²) >= 11 is 1.46. The fraction of sp³-hybridized carbons (Fsp3) is 0.200. The fourth-order valence-corrected chi connectivity index (χ4v) is 3.32. The van der Waals surface area contributed by atoms with E-state index >= 15 is 0 Å². The number of fused-ring (bicyclic) bond motifs is 1. The van der Waals surface area contributed by atoms with Crippen molar-refractivity contribution >= 4 is 34.3 Å². The highest BCUT2D eigenvalue weighted by atomic mass is 32.2. The van der Waals surface area contributed by atoms with Gasteiger partial charge in [0, 0.05) is 11.1 Å². The second-order valence-electron chi connectivity index (χ2n) is 5.93. The van der Waals surface area contributed by atoms with Crippen LogP contribution in [0.5, 0.6) is 0 Å². The van der Waals surface area contributed by atoms with E-state index in [-0.39, 0.29) is 5.91 Å². The Balaban J connectivity index is 1.66. The number of para-hydroxylation sites is 1. The number of carbonyl (C=O) groups is 1. The van der Waals surface area contributed by atoms with Crippen molar-refractivity contribution in [2.45, 2.75) is 25.8 Å². The number of pyridine rings is 1. The molecule has 0 aliphatic rings. The second-order valence-corrected chi connectivity index (χ2v) is 6.93. The zero-order chi connectivity index (χ0) is 17.1.